The van der Waals surface area contributed by atoms with Gasteiger partial charge in [0.15, 0.2) is 0 Å². The van der Waals surface area contributed by atoms with Crippen LogP contribution >= 0.6 is 0 Å². The first-order valence-electron chi connectivity index (χ1n) is 10.0. The van der Waals surface area contributed by atoms with Crippen LogP contribution < -0.4 is 9.80 Å². The summed E-state index contributed by atoms with van der Waals surface area (Å²) in [5.74, 6) is -0.696. The van der Waals surface area contributed by atoms with E-state index in [2.05, 4.69) is 24.0 Å². The Balaban J connectivity index is 1.98. The van der Waals surface area contributed by atoms with Crippen LogP contribution in [0.25, 0.3) is 0 Å². The molecule has 3 atom stereocenters. The zero-order valence-electron chi connectivity index (χ0n) is 17.3. The second-order valence-electron chi connectivity index (χ2n) is 7.21. The summed E-state index contributed by atoms with van der Waals surface area (Å²) in [5, 5.41) is 0. The third-order valence-corrected chi connectivity index (χ3v) is 5.58. The zero-order chi connectivity index (χ0) is 20.8. The second-order valence-corrected chi connectivity index (χ2v) is 7.21. The molecular formula is C23H29FN2O3. The van der Waals surface area contributed by atoms with E-state index in [4.69, 9.17) is 9.47 Å². The number of halogens is 1. The number of hydrogen-bond acceptors (Lipinski definition) is 4. The standard InChI is InChI=1S/C23H29FN2O3/c1-4-19-23(29-3)21(14-15-25(19)17-10-6-5-7-11-17)26(22(27)16-28-2)20-13-9-8-12-18(20)24/h5-13,19,21,23H,4,14-16H2,1-3H3. The van der Waals surface area contributed by atoms with E-state index >= 15 is 0 Å². The van der Waals surface area contributed by atoms with E-state index in [0.29, 0.717) is 6.42 Å². The number of rotatable bonds is 7. The minimum atomic E-state index is -0.426. The van der Waals surface area contributed by atoms with Crippen LogP contribution in [0.2, 0.25) is 0 Å². The molecular weight excluding hydrogens is 371 g/mol. The van der Waals surface area contributed by atoms with Crippen LogP contribution in [0.4, 0.5) is 15.8 Å². The van der Waals surface area contributed by atoms with Crippen molar-refractivity contribution in [2.75, 3.05) is 37.2 Å². The molecule has 2 aromatic rings. The summed E-state index contributed by atoms with van der Waals surface area (Å²) in [6, 6.07) is 16.3. The number of anilines is 2. The Morgan fingerprint density at radius 3 is 2.45 bits per heavy atom. The number of ether oxygens (including phenoxy) is 2. The quantitative estimate of drug-likeness (QED) is 0.707. The Hall–Kier alpha value is -2.44. The first-order chi connectivity index (χ1) is 14.1. The fourth-order valence-corrected chi connectivity index (χ4v) is 4.36. The molecule has 0 aromatic heterocycles. The molecule has 5 nitrogen and oxygen atoms in total. The molecule has 1 saturated heterocycles. The van der Waals surface area contributed by atoms with Gasteiger partial charge in [-0.25, -0.2) is 4.39 Å². The highest BCUT2D eigenvalue weighted by Gasteiger charge is 2.42. The van der Waals surface area contributed by atoms with Gasteiger partial charge >= 0.3 is 0 Å². The summed E-state index contributed by atoms with van der Waals surface area (Å²) < 4.78 is 25.7. The monoisotopic (exact) mass is 400 g/mol. The zero-order valence-corrected chi connectivity index (χ0v) is 17.3. The van der Waals surface area contributed by atoms with Gasteiger partial charge in [0.05, 0.1) is 23.9 Å². The van der Waals surface area contributed by atoms with E-state index in [-0.39, 0.29) is 36.4 Å². The van der Waals surface area contributed by atoms with Gasteiger partial charge in [-0.05, 0) is 37.1 Å². The fraction of sp³-hybridized carbons (Fsp3) is 0.435. The average molecular weight is 400 g/mol. The number of carbonyl (C=O) groups is 1. The third kappa shape index (κ3) is 4.43. The van der Waals surface area contributed by atoms with E-state index in [0.717, 1.165) is 18.7 Å². The van der Waals surface area contributed by atoms with Gasteiger partial charge in [-0.1, -0.05) is 37.3 Å². The van der Waals surface area contributed by atoms with Crippen molar-refractivity contribution in [3.63, 3.8) is 0 Å². The average Bonchev–Trinajstić information content (AvgIpc) is 2.75. The van der Waals surface area contributed by atoms with Gasteiger partial charge in [-0.2, -0.15) is 0 Å². The van der Waals surface area contributed by atoms with Crippen molar-refractivity contribution in [2.45, 2.75) is 38.0 Å². The highest BCUT2D eigenvalue weighted by molar-refractivity contribution is 5.95. The summed E-state index contributed by atoms with van der Waals surface area (Å²) >= 11 is 0. The Labute approximate surface area is 172 Å². The molecule has 1 heterocycles. The molecule has 0 spiro atoms. The van der Waals surface area contributed by atoms with Gasteiger partial charge in [0.25, 0.3) is 5.91 Å². The molecule has 0 saturated carbocycles. The molecule has 1 amide bonds. The van der Waals surface area contributed by atoms with Crippen molar-refractivity contribution in [3.8, 4) is 0 Å². The fourth-order valence-electron chi connectivity index (χ4n) is 4.36. The number of amides is 1. The summed E-state index contributed by atoms with van der Waals surface area (Å²) in [6.07, 6.45) is 1.23. The summed E-state index contributed by atoms with van der Waals surface area (Å²) in [6.45, 7) is 2.75. The Morgan fingerprint density at radius 2 is 1.83 bits per heavy atom. The van der Waals surface area contributed by atoms with Gasteiger partial charge in [-0.3, -0.25) is 4.79 Å². The number of nitrogens with zero attached hydrogens (tertiary/aromatic N) is 2. The van der Waals surface area contributed by atoms with E-state index in [1.165, 1.54) is 18.1 Å². The topological polar surface area (TPSA) is 42.0 Å². The lowest BCUT2D eigenvalue weighted by Gasteiger charge is -2.49. The van der Waals surface area contributed by atoms with Gasteiger partial charge in [0.2, 0.25) is 0 Å². The van der Waals surface area contributed by atoms with Gasteiger partial charge in [0.1, 0.15) is 12.4 Å². The largest absolute Gasteiger partial charge is 0.377 e. The summed E-state index contributed by atoms with van der Waals surface area (Å²) in [4.78, 5) is 16.8. The number of piperidine rings is 1. The minimum absolute atomic E-state index is 0.0609. The predicted octanol–water partition coefficient (Wildman–Crippen LogP) is 3.88. The van der Waals surface area contributed by atoms with Crippen molar-refractivity contribution in [1.82, 2.24) is 0 Å². The first-order valence-corrected chi connectivity index (χ1v) is 10.0. The van der Waals surface area contributed by atoms with E-state index < -0.39 is 5.82 Å². The molecule has 3 unspecified atom stereocenters. The molecule has 0 aliphatic carbocycles. The van der Waals surface area contributed by atoms with E-state index in [1.54, 1.807) is 25.3 Å². The smallest absolute Gasteiger partial charge is 0.253 e. The van der Waals surface area contributed by atoms with Crippen LogP contribution in [-0.2, 0) is 14.3 Å². The van der Waals surface area contributed by atoms with Crippen LogP contribution in [0, 0.1) is 5.82 Å². The van der Waals surface area contributed by atoms with Crippen LogP contribution in [0.5, 0.6) is 0 Å². The molecule has 6 heteroatoms. The lowest BCUT2D eigenvalue weighted by atomic mass is 9.89. The molecule has 0 bridgehead atoms. The van der Waals surface area contributed by atoms with E-state index in [1.807, 2.05) is 18.2 Å². The maximum absolute atomic E-state index is 14.7. The van der Waals surface area contributed by atoms with Gasteiger partial charge < -0.3 is 19.3 Å². The van der Waals surface area contributed by atoms with E-state index in [9.17, 15) is 9.18 Å². The molecule has 3 rings (SSSR count). The summed E-state index contributed by atoms with van der Waals surface area (Å²) in [7, 11) is 3.13. The molecule has 0 N–H and O–H groups in total. The number of benzene rings is 2. The normalized spacial score (nSPS) is 21.8. The van der Waals surface area contributed by atoms with Crippen LogP contribution in [0.15, 0.2) is 54.6 Å². The van der Waals surface area contributed by atoms with Crippen molar-refractivity contribution in [3.05, 3.63) is 60.4 Å². The van der Waals surface area contributed by atoms with Crippen molar-refractivity contribution < 1.29 is 18.7 Å². The van der Waals surface area contributed by atoms with Crippen LogP contribution in [0.3, 0.4) is 0 Å². The Kier molecular flexibility index (Phi) is 7.23. The van der Waals surface area contributed by atoms with Crippen molar-refractivity contribution >= 4 is 17.3 Å². The number of carbonyl (C=O) groups excluding carboxylic acids is 1. The first kappa shape index (κ1) is 21.3. The third-order valence-electron chi connectivity index (χ3n) is 5.58. The molecule has 0 radical (unpaired) electrons. The molecule has 29 heavy (non-hydrogen) atoms. The molecule has 1 aliphatic heterocycles. The highest BCUT2D eigenvalue weighted by atomic mass is 19.1. The number of hydrogen-bond donors (Lipinski definition) is 0. The minimum Gasteiger partial charge on any atom is -0.377 e. The molecule has 1 fully saturated rings. The lowest BCUT2D eigenvalue weighted by molar-refractivity contribution is -0.123. The Morgan fingerprint density at radius 1 is 1.14 bits per heavy atom. The second kappa shape index (κ2) is 9.85. The summed E-state index contributed by atoms with van der Waals surface area (Å²) in [5.41, 5.74) is 1.39. The van der Waals surface area contributed by atoms with Crippen molar-refractivity contribution in [2.24, 2.45) is 0 Å². The van der Waals surface area contributed by atoms with Crippen LogP contribution in [-0.4, -0.2) is 51.5 Å². The van der Waals surface area contributed by atoms with Crippen LogP contribution in [0.1, 0.15) is 19.8 Å². The molecule has 2 aromatic carbocycles. The number of methoxy groups -OCH3 is 2. The molecule has 156 valence electrons. The molecule has 1 aliphatic rings. The van der Waals surface area contributed by atoms with Gasteiger partial charge in [-0.15, -0.1) is 0 Å². The maximum atomic E-state index is 14.7. The SMILES string of the molecule is CCC1C(OC)C(N(C(=O)COC)c2ccccc2F)CCN1c1ccccc1. The predicted molar refractivity (Wildman–Crippen MR) is 113 cm³/mol. The lowest BCUT2D eigenvalue weighted by Crippen LogP contribution is -2.62. The highest BCUT2D eigenvalue weighted by Crippen LogP contribution is 2.34. The van der Waals surface area contributed by atoms with Crippen molar-refractivity contribution in [1.29, 1.82) is 0 Å². The maximum Gasteiger partial charge on any atom is 0.253 e. The van der Waals surface area contributed by atoms with Gasteiger partial charge in [0, 0.05) is 26.5 Å². The number of para-hydroxylation sites is 2. The Bertz CT molecular complexity index is 802.